The molecule has 5 heteroatoms. The molecule has 66 valence electrons. The van der Waals surface area contributed by atoms with E-state index < -0.39 is 5.97 Å². The van der Waals surface area contributed by atoms with E-state index in [0.717, 1.165) is 5.52 Å². The normalized spacial score (nSPS) is 10.5. The first-order valence-corrected chi connectivity index (χ1v) is 4.34. The van der Waals surface area contributed by atoms with Gasteiger partial charge in [-0.15, -0.1) is 0 Å². The number of carboxylic acids is 1. The molecule has 0 aliphatic heterocycles. The van der Waals surface area contributed by atoms with Gasteiger partial charge in [0.05, 0.1) is 21.7 Å². The van der Waals surface area contributed by atoms with E-state index in [1.807, 2.05) is 0 Å². The Morgan fingerprint density at radius 3 is 3.00 bits per heavy atom. The summed E-state index contributed by atoms with van der Waals surface area (Å²) in [5.41, 5.74) is 0.993. The van der Waals surface area contributed by atoms with Crippen molar-refractivity contribution in [3.05, 3.63) is 34.6 Å². The molecular formula is C8H5BrN2O2. The van der Waals surface area contributed by atoms with E-state index in [2.05, 4.69) is 21.0 Å². The zero-order valence-corrected chi connectivity index (χ0v) is 8.02. The van der Waals surface area contributed by atoms with Crippen molar-refractivity contribution in [2.24, 2.45) is 0 Å². The minimum Gasteiger partial charge on any atom is -0.478 e. The maximum absolute atomic E-state index is 10.7. The quantitative estimate of drug-likeness (QED) is 0.828. The first-order valence-electron chi connectivity index (χ1n) is 3.55. The molecule has 0 radical (unpaired) electrons. The first kappa shape index (κ1) is 8.25. The van der Waals surface area contributed by atoms with Gasteiger partial charge >= 0.3 is 5.97 Å². The van der Waals surface area contributed by atoms with Crippen LogP contribution in [-0.4, -0.2) is 20.7 Å². The molecule has 13 heavy (non-hydrogen) atoms. The molecule has 0 aliphatic rings. The van der Waals surface area contributed by atoms with Crippen LogP contribution in [0, 0.1) is 0 Å². The number of halogens is 1. The van der Waals surface area contributed by atoms with Crippen LogP contribution in [0.5, 0.6) is 0 Å². The number of fused-ring (bicyclic) bond motifs is 1. The molecule has 0 atom stereocenters. The molecule has 2 rings (SSSR count). The van der Waals surface area contributed by atoms with Gasteiger partial charge in [0.15, 0.2) is 0 Å². The SMILES string of the molecule is O=C(O)c1ccn2nccc2c1Br. The van der Waals surface area contributed by atoms with Gasteiger partial charge < -0.3 is 5.11 Å². The van der Waals surface area contributed by atoms with Crippen LogP contribution < -0.4 is 0 Å². The highest BCUT2D eigenvalue weighted by Gasteiger charge is 2.10. The van der Waals surface area contributed by atoms with E-state index in [1.165, 1.54) is 6.07 Å². The van der Waals surface area contributed by atoms with Crippen LogP contribution in [0.4, 0.5) is 0 Å². The van der Waals surface area contributed by atoms with E-state index in [4.69, 9.17) is 5.11 Å². The van der Waals surface area contributed by atoms with Crippen molar-refractivity contribution in [1.29, 1.82) is 0 Å². The molecule has 0 spiro atoms. The van der Waals surface area contributed by atoms with Gasteiger partial charge in [-0.25, -0.2) is 9.31 Å². The van der Waals surface area contributed by atoms with Crippen LogP contribution in [0.3, 0.4) is 0 Å². The Bertz CT molecular complexity index is 478. The van der Waals surface area contributed by atoms with Crippen LogP contribution in [0.2, 0.25) is 0 Å². The average Bonchev–Trinajstić information content (AvgIpc) is 2.52. The summed E-state index contributed by atoms with van der Waals surface area (Å²) in [5, 5.41) is 12.8. The van der Waals surface area contributed by atoms with Crippen molar-refractivity contribution in [2.75, 3.05) is 0 Å². The van der Waals surface area contributed by atoms with Gasteiger partial charge in [0, 0.05) is 6.20 Å². The minimum absolute atomic E-state index is 0.244. The van der Waals surface area contributed by atoms with E-state index >= 15 is 0 Å². The number of aromatic nitrogens is 2. The summed E-state index contributed by atoms with van der Waals surface area (Å²) < 4.78 is 2.16. The van der Waals surface area contributed by atoms with E-state index in [-0.39, 0.29) is 5.56 Å². The number of nitrogens with zero attached hydrogens (tertiary/aromatic N) is 2. The maximum Gasteiger partial charge on any atom is 0.336 e. The molecule has 0 bridgehead atoms. The summed E-state index contributed by atoms with van der Waals surface area (Å²) >= 11 is 3.22. The summed E-state index contributed by atoms with van der Waals surface area (Å²) in [5.74, 6) is -0.949. The predicted molar refractivity (Wildman–Crippen MR) is 49.9 cm³/mol. The van der Waals surface area contributed by atoms with Crippen LogP contribution in [0.25, 0.3) is 5.52 Å². The highest BCUT2D eigenvalue weighted by Crippen LogP contribution is 2.22. The van der Waals surface area contributed by atoms with Crippen molar-refractivity contribution >= 4 is 27.4 Å². The average molecular weight is 241 g/mol. The summed E-state index contributed by atoms with van der Waals surface area (Å²) in [6.07, 6.45) is 3.23. The number of aromatic carboxylic acids is 1. The molecule has 2 aromatic rings. The summed E-state index contributed by atoms with van der Waals surface area (Å²) in [7, 11) is 0. The lowest BCUT2D eigenvalue weighted by atomic mass is 10.2. The molecule has 2 aromatic heterocycles. The van der Waals surface area contributed by atoms with Crippen LogP contribution in [0.1, 0.15) is 10.4 Å². The highest BCUT2D eigenvalue weighted by atomic mass is 79.9. The Labute approximate surface area is 81.9 Å². The van der Waals surface area contributed by atoms with E-state index in [9.17, 15) is 4.79 Å². The van der Waals surface area contributed by atoms with E-state index in [1.54, 1.807) is 23.0 Å². The van der Waals surface area contributed by atoms with Gasteiger partial charge in [-0.05, 0) is 28.1 Å². The van der Waals surface area contributed by atoms with Crippen molar-refractivity contribution in [2.45, 2.75) is 0 Å². The van der Waals surface area contributed by atoms with Crippen molar-refractivity contribution < 1.29 is 9.90 Å². The third-order valence-electron chi connectivity index (χ3n) is 1.74. The number of hydrogen-bond acceptors (Lipinski definition) is 2. The number of carbonyl (C=O) groups is 1. The standard InChI is InChI=1S/C8H5BrN2O2/c9-7-5(8(12)13)2-4-11-6(7)1-3-10-11/h1-4H,(H,12,13). The maximum atomic E-state index is 10.7. The van der Waals surface area contributed by atoms with Crippen molar-refractivity contribution in [3.63, 3.8) is 0 Å². The Hall–Kier alpha value is -1.36. The molecule has 4 nitrogen and oxygen atoms in total. The molecule has 0 amide bonds. The number of pyridine rings is 1. The molecule has 0 saturated carbocycles. The lowest BCUT2D eigenvalue weighted by molar-refractivity contribution is 0.0696. The van der Waals surface area contributed by atoms with Crippen molar-refractivity contribution in [1.82, 2.24) is 9.61 Å². The lowest BCUT2D eigenvalue weighted by Gasteiger charge is -2.00. The minimum atomic E-state index is -0.949. The van der Waals surface area contributed by atoms with Crippen LogP contribution >= 0.6 is 15.9 Å². The fourth-order valence-electron chi connectivity index (χ4n) is 1.13. The third kappa shape index (κ3) is 1.21. The second-order valence-electron chi connectivity index (χ2n) is 2.51. The monoisotopic (exact) mass is 240 g/mol. The molecule has 0 unspecified atom stereocenters. The van der Waals surface area contributed by atoms with Crippen LogP contribution in [0.15, 0.2) is 29.0 Å². The largest absolute Gasteiger partial charge is 0.478 e. The smallest absolute Gasteiger partial charge is 0.336 e. The van der Waals surface area contributed by atoms with Gasteiger partial charge in [0.1, 0.15) is 0 Å². The summed E-state index contributed by atoms with van der Waals surface area (Å²) in [6.45, 7) is 0. The highest BCUT2D eigenvalue weighted by molar-refractivity contribution is 9.10. The van der Waals surface area contributed by atoms with Gasteiger partial charge in [-0.3, -0.25) is 0 Å². The number of carboxylic acid groups (broad SMARTS) is 1. The van der Waals surface area contributed by atoms with Gasteiger partial charge in [-0.2, -0.15) is 5.10 Å². The van der Waals surface area contributed by atoms with Gasteiger partial charge in [-0.1, -0.05) is 0 Å². The molecule has 1 N–H and O–H groups in total. The van der Waals surface area contributed by atoms with Crippen molar-refractivity contribution in [3.8, 4) is 0 Å². The third-order valence-corrected chi connectivity index (χ3v) is 2.58. The predicted octanol–water partition coefficient (Wildman–Crippen LogP) is 1.79. The Balaban J connectivity index is 2.80. The zero-order valence-electron chi connectivity index (χ0n) is 6.44. The fourth-order valence-corrected chi connectivity index (χ4v) is 1.74. The molecule has 0 saturated heterocycles. The Morgan fingerprint density at radius 2 is 2.31 bits per heavy atom. The van der Waals surface area contributed by atoms with Gasteiger partial charge in [0.2, 0.25) is 0 Å². The molecule has 0 fully saturated rings. The second-order valence-corrected chi connectivity index (χ2v) is 3.30. The Kier molecular flexibility index (Phi) is 1.81. The zero-order chi connectivity index (χ0) is 9.42. The second kappa shape index (κ2) is 2.85. The summed E-state index contributed by atoms with van der Waals surface area (Å²) in [4.78, 5) is 10.7. The first-order chi connectivity index (χ1) is 6.20. The lowest BCUT2D eigenvalue weighted by Crippen LogP contribution is -1.99. The molecule has 0 aliphatic carbocycles. The molecule has 2 heterocycles. The van der Waals surface area contributed by atoms with Crippen LogP contribution in [-0.2, 0) is 0 Å². The number of hydrogen-bond donors (Lipinski definition) is 1. The Morgan fingerprint density at radius 1 is 1.54 bits per heavy atom. The molecule has 0 aromatic carbocycles. The molecular weight excluding hydrogens is 236 g/mol. The summed E-state index contributed by atoms with van der Waals surface area (Å²) in [6, 6.07) is 3.25. The van der Waals surface area contributed by atoms with Gasteiger partial charge in [0.25, 0.3) is 0 Å². The van der Waals surface area contributed by atoms with E-state index in [0.29, 0.717) is 4.47 Å². The topological polar surface area (TPSA) is 54.6 Å². The number of rotatable bonds is 1. The fraction of sp³-hybridized carbons (Fsp3) is 0.